The Morgan fingerprint density at radius 1 is 1.30 bits per heavy atom. The molecule has 0 aliphatic heterocycles. The van der Waals surface area contributed by atoms with Crippen LogP contribution in [0.5, 0.6) is 5.75 Å². The van der Waals surface area contributed by atoms with Crippen LogP contribution in [-0.2, 0) is 0 Å². The lowest BCUT2D eigenvalue weighted by molar-refractivity contribution is 0.415. The van der Waals surface area contributed by atoms with Crippen LogP contribution in [0.3, 0.4) is 0 Å². The van der Waals surface area contributed by atoms with Gasteiger partial charge in [0.25, 0.3) is 0 Å². The molecule has 0 amide bonds. The van der Waals surface area contributed by atoms with Crippen LogP contribution in [0.1, 0.15) is 5.56 Å². The second-order valence-corrected chi connectivity index (χ2v) is 5.19. The van der Waals surface area contributed by atoms with E-state index in [1.165, 1.54) is 18.1 Å². The van der Waals surface area contributed by atoms with Gasteiger partial charge in [0.15, 0.2) is 5.16 Å². The predicted octanol–water partition coefficient (Wildman–Crippen LogP) is 2.40. The summed E-state index contributed by atoms with van der Waals surface area (Å²) in [5.41, 5.74) is 8.44. The van der Waals surface area contributed by atoms with Gasteiger partial charge in [0.05, 0.1) is 18.1 Å². The van der Waals surface area contributed by atoms with E-state index in [0.29, 0.717) is 5.82 Å². The third kappa shape index (κ3) is 2.27. The second-order valence-electron chi connectivity index (χ2n) is 4.22. The summed E-state index contributed by atoms with van der Waals surface area (Å²) in [6, 6.07) is 5.70. The molecule has 20 heavy (non-hydrogen) atoms. The first-order chi connectivity index (χ1) is 9.67. The van der Waals surface area contributed by atoms with Crippen LogP contribution in [0.2, 0.25) is 0 Å². The Hall–Kier alpha value is -2.28. The first kappa shape index (κ1) is 12.7. The van der Waals surface area contributed by atoms with Crippen LogP contribution in [0.25, 0.3) is 11.0 Å². The average Bonchev–Trinajstić information content (AvgIpc) is 2.85. The molecule has 0 radical (unpaired) electrons. The number of hydrogen-bond acceptors (Lipinski definition) is 6. The van der Waals surface area contributed by atoms with Crippen molar-refractivity contribution in [3.05, 3.63) is 30.1 Å². The van der Waals surface area contributed by atoms with E-state index in [0.717, 1.165) is 32.5 Å². The monoisotopic (exact) mass is 287 g/mol. The summed E-state index contributed by atoms with van der Waals surface area (Å²) in [7, 11) is 1.64. The Morgan fingerprint density at radius 2 is 2.15 bits per heavy atom. The Morgan fingerprint density at radius 3 is 2.95 bits per heavy atom. The van der Waals surface area contributed by atoms with E-state index in [-0.39, 0.29) is 0 Å². The molecular formula is C13H13N5OS. The van der Waals surface area contributed by atoms with Gasteiger partial charge in [0, 0.05) is 11.6 Å². The van der Waals surface area contributed by atoms with Crippen LogP contribution in [0, 0.1) is 6.92 Å². The van der Waals surface area contributed by atoms with Gasteiger partial charge in [-0.05, 0) is 30.8 Å². The molecule has 2 aromatic heterocycles. The molecule has 3 aromatic rings. The van der Waals surface area contributed by atoms with Crippen molar-refractivity contribution < 1.29 is 4.74 Å². The molecular weight excluding hydrogens is 274 g/mol. The number of hydrogen-bond donors (Lipinski definition) is 2. The fourth-order valence-corrected chi connectivity index (χ4v) is 2.63. The molecule has 0 aliphatic rings. The van der Waals surface area contributed by atoms with Crippen molar-refractivity contribution >= 4 is 28.6 Å². The van der Waals surface area contributed by atoms with Crippen molar-refractivity contribution in [3.63, 3.8) is 0 Å². The maximum atomic E-state index is 5.78. The van der Waals surface area contributed by atoms with Crippen molar-refractivity contribution in [1.82, 2.24) is 19.9 Å². The third-order valence-electron chi connectivity index (χ3n) is 2.94. The number of nitrogen functional groups attached to an aromatic ring is 1. The fourth-order valence-electron chi connectivity index (χ4n) is 1.78. The quantitative estimate of drug-likeness (QED) is 0.719. The molecule has 102 valence electrons. The average molecular weight is 287 g/mol. The molecule has 3 rings (SSSR count). The van der Waals surface area contributed by atoms with Crippen molar-refractivity contribution in [1.29, 1.82) is 0 Å². The first-order valence-electron chi connectivity index (χ1n) is 5.96. The van der Waals surface area contributed by atoms with Crippen LogP contribution < -0.4 is 10.5 Å². The molecule has 2 heterocycles. The highest BCUT2D eigenvalue weighted by Crippen LogP contribution is 2.30. The Balaban J connectivity index is 1.96. The number of ether oxygens (including phenoxy) is 1. The summed E-state index contributed by atoms with van der Waals surface area (Å²) < 4.78 is 5.19. The molecule has 0 atom stereocenters. The van der Waals surface area contributed by atoms with E-state index in [2.05, 4.69) is 19.9 Å². The number of fused-ring (bicyclic) bond motifs is 1. The molecule has 0 aliphatic carbocycles. The number of aromatic nitrogens is 4. The number of H-pyrrole nitrogens is 1. The van der Waals surface area contributed by atoms with Gasteiger partial charge in [-0.3, -0.25) is 0 Å². The van der Waals surface area contributed by atoms with Gasteiger partial charge in [-0.2, -0.15) is 0 Å². The number of rotatable bonds is 3. The molecule has 0 bridgehead atoms. The van der Waals surface area contributed by atoms with Gasteiger partial charge < -0.3 is 15.5 Å². The number of nitrogens with two attached hydrogens (primary N) is 1. The number of nitrogens with zero attached hydrogens (tertiary/aromatic N) is 3. The van der Waals surface area contributed by atoms with Crippen molar-refractivity contribution in [2.24, 2.45) is 0 Å². The van der Waals surface area contributed by atoms with E-state index >= 15 is 0 Å². The lowest BCUT2D eigenvalue weighted by Crippen LogP contribution is -1.97. The lowest BCUT2D eigenvalue weighted by atomic mass is 10.3. The first-order valence-corrected chi connectivity index (χ1v) is 6.77. The standard InChI is InChI=1S/C13H13N5OS/c1-7-11(14)15-6-16-12(7)20-13-17-9-4-3-8(19-2)5-10(9)18-13/h3-6H,1-2H3,(H,17,18)(H2,14,15,16). The normalized spacial score (nSPS) is 10.9. The highest BCUT2D eigenvalue weighted by atomic mass is 32.2. The van der Waals surface area contributed by atoms with Crippen molar-refractivity contribution in [2.75, 3.05) is 12.8 Å². The van der Waals surface area contributed by atoms with Gasteiger partial charge in [-0.25, -0.2) is 15.0 Å². The number of benzene rings is 1. The molecule has 0 saturated carbocycles. The molecule has 1 aromatic carbocycles. The number of aromatic amines is 1. The fraction of sp³-hybridized carbons (Fsp3) is 0.154. The smallest absolute Gasteiger partial charge is 0.172 e. The summed E-state index contributed by atoms with van der Waals surface area (Å²) in [5, 5.41) is 1.55. The summed E-state index contributed by atoms with van der Waals surface area (Å²) >= 11 is 1.43. The topological polar surface area (TPSA) is 89.7 Å². The van der Waals surface area contributed by atoms with E-state index in [4.69, 9.17) is 10.5 Å². The summed E-state index contributed by atoms with van der Waals surface area (Å²) in [6.45, 7) is 1.89. The highest BCUT2D eigenvalue weighted by Gasteiger charge is 2.10. The molecule has 0 saturated heterocycles. The zero-order valence-electron chi connectivity index (χ0n) is 11.0. The lowest BCUT2D eigenvalue weighted by Gasteiger charge is -2.03. The van der Waals surface area contributed by atoms with Crippen molar-refractivity contribution in [2.45, 2.75) is 17.1 Å². The summed E-state index contributed by atoms with van der Waals surface area (Å²) in [6.07, 6.45) is 1.45. The third-order valence-corrected chi connectivity index (χ3v) is 3.93. The van der Waals surface area contributed by atoms with E-state index in [1.54, 1.807) is 7.11 Å². The van der Waals surface area contributed by atoms with Crippen molar-refractivity contribution in [3.8, 4) is 5.75 Å². The van der Waals surface area contributed by atoms with Gasteiger partial charge in [-0.15, -0.1) is 0 Å². The number of anilines is 1. The van der Waals surface area contributed by atoms with E-state index < -0.39 is 0 Å². The summed E-state index contributed by atoms with van der Waals surface area (Å²) in [4.78, 5) is 15.9. The van der Waals surface area contributed by atoms with Crippen LogP contribution in [-0.4, -0.2) is 27.0 Å². The SMILES string of the molecule is COc1ccc2nc(Sc3ncnc(N)c3C)[nH]c2c1. The summed E-state index contributed by atoms with van der Waals surface area (Å²) in [5.74, 6) is 1.28. The molecule has 6 nitrogen and oxygen atoms in total. The minimum Gasteiger partial charge on any atom is -0.497 e. The van der Waals surface area contributed by atoms with Gasteiger partial charge in [-0.1, -0.05) is 0 Å². The minimum atomic E-state index is 0.486. The van der Waals surface area contributed by atoms with E-state index in [9.17, 15) is 0 Å². The Labute approximate surface area is 119 Å². The van der Waals surface area contributed by atoms with E-state index in [1.807, 2.05) is 25.1 Å². The van der Waals surface area contributed by atoms with Crippen LogP contribution in [0.4, 0.5) is 5.82 Å². The molecule has 0 fully saturated rings. The Bertz CT molecular complexity index is 771. The number of imidazole rings is 1. The number of methoxy groups -OCH3 is 1. The van der Waals surface area contributed by atoms with Gasteiger partial charge in [0.1, 0.15) is 22.9 Å². The minimum absolute atomic E-state index is 0.486. The Kier molecular flexibility index (Phi) is 3.19. The second kappa shape index (κ2) is 5.01. The molecule has 3 N–H and O–H groups in total. The highest BCUT2D eigenvalue weighted by molar-refractivity contribution is 7.99. The van der Waals surface area contributed by atoms with Crippen LogP contribution >= 0.6 is 11.8 Å². The maximum Gasteiger partial charge on any atom is 0.172 e. The largest absolute Gasteiger partial charge is 0.497 e. The predicted molar refractivity (Wildman–Crippen MR) is 78.0 cm³/mol. The molecule has 0 spiro atoms. The number of nitrogens with one attached hydrogen (secondary N) is 1. The zero-order chi connectivity index (χ0) is 14.1. The van der Waals surface area contributed by atoms with Gasteiger partial charge in [0.2, 0.25) is 0 Å². The molecule has 7 heteroatoms. The zero-order valence-corrected chi connectivity index (χ0v) is 11.9. The van der Waals surface area contributed by atoms with Crippen LogP contribution in [0.15, 0.2) is 34.7 Å². The molecule has 0 unspecified atom stereocenters. The maximum absolute atomic E-state index is 5.78. The van der Waals surface area contributed by atoms with Gasteiger partial charge >= 0.3 is 0 Å².